The van der Waals surface area contributed by atoms with Gasteiger partial charge >= 0.3 is 0 Å². The first kappa shape index (κ1) is 19.9. The zero-order valence-corrected chi connectivity index (χ0v) is 16.6. The molecule has 0 bridgehead atoms. The van der Waals surface area contributed by atoms with E-state index in [1.165, 1.54) is 6.07 Å². The van der Waals surface area contributed by atoms with Crippen molar-refractivity contribution < 1.29 is 18.6 Å². The molecule has 0 radical (unpaired) electrons. The molecular weight excluding hydrogens is 386 g/mol. The summed E-state index contributed by atoms with van der Waals surface area (Å²) in [5, 5.41) is 13.6. The Morgan fingerprint density at radius 3 is 2.80 bits per heavy atom. The number of aryl methyl sites for hydroxylation is 1. The topological polar surface area (TPSA) is 54.4 Å². The van der Waals surface area contributed by atoms with Crippen LogP contribution in [0.2, 0.25) is 0 Å². The molecule has 2 N–H and O–H groups in total. The van der Waals surface area contributed by atoms with E-state index in [-0.39, 0.29) is 36.4 Å². The normalized spacial score (nSPS) is 15.7. The van der Waals surface area contributed by atoms with Gasteiger partial charge < -0.3 is 15.2 Å². The third-order valence-corrected chi connectivity index (χ3v) is 5.27. The van der Waals surface area contributed by atoms with Gasteiger partial charge in [-0.25, -0.2) is 13.8 Å². The predicted octanol–water partition coefficient (Wildman–Crippen LogP) is 4.09. The van der Waals surface area contributed by atoms with Crippen LogP contribution in [0.5, 0.6) is 5.88 Å². The first-order chi connectivity index (χ1) is 14.3. The molecule has 0 aliphatic carbocycles. The Balaban J connectivity index is 2.04. The second-order valence-electron chi connectivity index (χ2n) is 7.37. The van der Waals surface area contributed by atoms with Gasteiger partial charge in [-0.1, -0.05) is 24.6 Å². The lowest BCUT2D eigenvalue weighted by atomic mass is 9.93. The number of aliphatic hydroxyl groups excluding tert-OH is 1. The fourth-order valence-corrected chi connectivity index (χ4v) is 3.85. The first-order valence-corrected chi connectivity index (χ1v) is 9.45. The molecule has 0 spiro atoms. The maximum absolute atomic E-state index is 15.6. The number of nitrogens with zero attached hydrogens (tertiary/aromatic N) is 1. The fraction of sp³-hybridized carbons (Fsp3) is 0.208. The lowest BCUT2D eigenvalue weighted by Crippen LogP contribution is -2.34. The average molecular weight is 406 g/mol. The maximum Gasteiger partial charge on any atom is 0.223 e. The lowest BCUT2D eigenvalue weighted by Gasteiger charge is -2.17. The molecule has 3 aromatic rings. The Morgan fingerprint density at radius 2 is 2.10 bits per heavy atom. The number of aromatic nitrogens is 1. The van der Waals surface area contributed by atoms with Crippen LogP contribution in [0.3, 0.4) is 0 Å². The van der Waals surface area contributed by atoms with E-state index in [4.69, 9.17) is 11.2 Å². The largest absolute Gasteiger partial charge is 0.475 e. The number of ether oxygens (including phenoxy) is 1. The monoisotopic (exact) mass is 406 g/mol. The van der Waals surface area contributed by atoms with Crippen molar-refractivity contribution in [2.24, 2.45) is 0 Å². The number of hydrogen-bond donors (Lipinski definition) is 2. The van der Waals surface area contributed by atoms with Crippen molar-refractivity contribution in [2.75, 3.05) is 13.2 Å². The minimum absolute atomic E-state index is 0.0253. The van der Waals surface area contributed by atoms with E-state index < -0.39 is 11.6 Å². The standard InChI is InChI=1S/C24H20F2N2O2/c1-5-17-19(25)7-6-15-8-12(2)9-18(21(15)17)23-22(26)13(3)20-14(4)27-16(10-29)11-30-24(20)28-23/h1,6-9,16,27,29H,4,10-11H2,2-3H3/t16-/m1/s1. The quantitative estimate of drug-likeness (QED) is 0.630. The van der Waals surface area contributed by atoms with E-state index in [2.05, 4.69) is 22.8 Å². The van der Waals surface area contributed by atoms with E-state index in [1.54, 1.807) is 19.1 Å². The van der Waals surface area contributed by atoms with Crippen molar-refractivity contribution in [2.45, 2.75) is 19.9 Å². The molecule has 0 amide bonds. The maximum atomic E-state index is 15.6. The molecule has 30 heavy (non-hydrogen) atoms. The summed E-state index contributed by atoms with van der Waals surface area (Å²) in [4.78, 5) is 4.45. The summed E-state index contributed by atoms with van der Waals surface area (Å²) in [5.41, 5.74) is 2.45. The molecule has 1 aliphatic rings. The van der Waals surface area contributed by atoms with Gasteiger partial charge in [-0.2, -0.15) is 0 Å². The number of rotatable bonds is 2. The highest BCUT2D eigenvalue weighted by atomic mass is 19.1. The zero-order valence-electron chi connectivity index (χ0n) is 16.6. The Bertz CT molecular complexity index is 1240. The van der Waals surface area contributed by atoms with Crippen LogP contribution >= 0.6 is 0 Å². The van der Waals surface area contributed by atoms with Gasteiger partial charge in [-0.15, -0.1) is 6.42 Å². The second-order valence-corrected chi connectivity index (χ2v) is 7.37. The summed E-state index contributed by atoms with van der Waals surface area (Å²) in [5.74, 6) is 1.46. The van der Waals surface area contributed by atoms with Crippen molar-refractivity contribution in [3.8, 4) is 29.5 Å². The van der Waals surface area contributed by atoms with Crippen molar-refractivity contribution in [3.63, 3.8) is 0 Å². The van der Waals surface area contributed by atoms with Gasteiger partial charge in [-0.05, 0) is 36.9 Å². The third-order valence-electron chi connectivity index (χ3n) is 5.27. The van der Waals surface area contributed by atoms with Crippen molar-refractivity contribution in [3.05, 3.63) is 64.7 Å². The second kappa shape index (κ2) is 7.43. The average Bonchev–Trinajstić information content (AvgIpc) is 2.88. The van der Waals surface area contributed by atoms with E-state index in [0.29, 0.717) is 33.2 Å². The summed E-state index contributed by atoms with van der Waals surface area (Å²) in [6.07, 6.45) is 5.58. The molecule has 0 unspecified atom stereocenters. The molecule has 2 aromatic carbocycles. The van der Waals surface area contributed by atoms with E-state index >= 15 is 4.39 Å². The van der Waals surface area contributed by atoms with Gasteiger partial charge in [0.15, 0.2) is 5.82 Å². The molecule has 152 valence electrons. The highest BCUT2D eigenvalue weighted by Gasteiger charge is 2.27. The molecule has 4 rings (SSSR count). The SMILES string of the molecule is C#Cc1c(F)ccc2cc(C)cc(-c3nc4c(c(C)c3F)C(=C)N[C@H](CO)CO4)c12. The van der Waals surface area contributed by atoms with Crippen molar-refractivity contribution >= 4 is 16.5 Å². The molecule has 0 fully saturated rings. The van der Waals surface area contributed by atoms with Crippen LogP contribution in [-0.4, -0.2) is 29.3 Å². The minimum Gasteiger partial charge on any atom is -0.475 e. The Labute approximate surface area is 173 Å². The number of fused-ring (bicyclic) bond motifs is 2. The fourth-order valence-electron chi connectivity index (χ4n) is 3.85. The Kier molecular flexibility index (Phi) is 4.92. The highest BCUT2D eigenvalue weighted by molar-refractivity contribution is 6.01. The molecule has 1 aliphatic heterocycles. The summed E-state index contributed by atoms with van der Waals surface area (Å²) in [6.45, 7) is 7.37. The number of aliphatic hydroxyl groups is 1. The predicted molar refractivity (Wildman–Crippen MR) is 113 cm³/mol. The van der Waals surface area contributed by atoms with E-state index in [1.807, 2.05) is 13.0 Å². The smallest absolute Gasteiger partial charge is 0.223 e. The van der Waals surface area contributed by atoms with Gasteiger partial charge in [0.05, 0.1) is 23.8 Å². The van der Waals surface area contributed by atoms with Gasteiger partial charge in [0.25, 0.3) is 0 Å². The van der Waals surface area contributed by atoms with E-state index in [0.717, 1.165) is 5.56 Å². The summed E-state index contributed by atoms with van der Waals surface area (Å²) in [7, 11) is 0. The van der Waals surface area contributed by atoms with Crippen molar-refractivity contribution in [1.29, 1.82) is 0 Å². The number of nitrogens with one attached hydrogen (secondary N) is 1. The molecule has 1 aromatic heterocycles. The van der Waals surface area contributed by atoms with Gasteiger partial charge in [0, 0.05) is 22.2 Å². The zero-order chi connectivity index (χ0) is 21.6. The van der Waals surface area contributed by atoms with Crippen LogP contribution in [-0.2, 0) is 0 Å². The van der Waals surface area contributed by atoms with Crippen LogP contribution in [0.15, 0.2) is 30.8 Å². The summed E-state index contributed by atoms with van der Waals surface area (Å²) >= 11 is 0. The van der Waals surface area contributed by atoms with Gasteiger partial charge in [0.1, 0.15) is 18.1 Å². The van der Waals surface area contributed by atoms with Gasteiger partial charge in [-0.3, -0.25) is 0 Å². The number of hydrogen-bond acceptors (Lipinski definition) is 4. The molecule has 4 nitrogen and oxygen atoms in total. The number of pyridine rings is 1. The van der Waals surface area contributed by atoms with Crippen LogP contribution < -0.4 is 10.1 Å². The van der Waals surface area contributed by atoms with Crippen molar-refractivity contribution in [1.82, 2.24) is 10.3 Å². The highest BCUT2D eigenvalue weighted by Crippen LogP contribution is 2.39. The first-order valence-electron chi connectivity index (χ1n) is 9.45. The van der Waals surface area contributed by atoms with Crippen LogP contribution in [0.25, 0.3) is 27.7 Å². The van der Waals surface area contributed by atoms with Crippen LogP contribution in [0, 0.1) is 37.8 Å². The Morgan fingerprint density at radius 1 is 1.33 bits per heavy atom. The van der Waals surface area contributed by atoms with Crippen LogP contribution in [0.1, 0.15) is 22.3 Å². The summed E-state index contributed by atoms with van der Waals surface area (Å²) < 4.78 is 35.8. The van der Waals surface area contributed by atoms with E-state index in [9.17, 15) is 9.50 Å². The molecular formula is C24H20F2N2O2. The van der Waals surface area contributed by atoms with Gasteiger partial charge in [0.2, 0.25) is 5.88 Å². The molecule has 0 saturated heterocycles. The molecule has 1 atom stereocenters. The molecule has 0 saturated carbocycles. The minimum atomic E-state index is -0.568. The number of terminal acetylenes is 1. The number of benzene rings is 2. The van der Waals surface area contributed by atoms with Crippen LogP contribution in [0.4, 0.5) is 8.78 Å². The summed E-state index contributed by atoms with van der Waals surface area (Å²) in [6, 6.07) is 6.13. The Hall–Kier alpha value is -3.43. The molecule has 6 heteroatoms. The lowest BCUT2D eigenvalue weighted by molar-refractivity contribution is 0.195. The molecule has 2 heterocycles. The number of halogens is 2. The third kappa shape index (κ3) is 3.08.